The lowest BCUT2D eigenvalue weighted by Gasteiger charge is -2.29. The summed E-state index contributed by atoms with van der Waals surface area (Å²) in [5, 5.41) is 0. The molecule has 110 valence electrons. The normalized spacial score (nSPS) is 15.0. The Hall–Kier alpha value is -1.40. The van der Waals surface area contributed by atoms with E-state index in [0.717, 1.165) is 37.7 Å². The van der Waals surface area contributed by atoms with Crippen LogP contribution in [0.25, 0.3) is 0 Å². The maximum absolute atomic E-state index is 11.9. The minimum absolute atomic E-state index is 0.285. The van der Waals surface area contributed by atoms with Crippen LogP contribution in [0.4, 0.5) is 11.4 Å². The van der Waals surface area contributed by atoms with Gasteiger partial charge in [0.25, 0.3) is 0 Å². The molecule has 2 rings (SSSR count). The Morgan fingerprint density at radius 3 is 2.80 bits per heavy atom. The number of morpholine rings is 1. The molecule has 1 aromatic rings. The quantitative estimate of drug-likeness (QED) is 0.665. The number of carbonyl (C=O) groups excluding carboxylic acids is 1. The molecule has 0 radical (unpaired) electrons. The number of anilines is 2. The van der Waals surface area contributed by atoms with E-state index in [-0.39, 0.29) is 5.97 Å². The Balaban J connectivity index is 2.27. The third-order valence-corrected chi connectivity index (χ3v) is 3.46. The Kier molecular flexibility index (Phi) is 5.55. The SMILES string of the molecule is CCOC(=O)c1cc(NSC)cc(N2CCOCC2)c1. The van der Waals surface area contributed by atoms with Crippen molar-refractivity contribution in [3.05, 3.63) is 23.8 Å². The molecule has 5 nitrogen and oxygen atoms in total. The fourth-order valence-corrected chi connectivity index (χ4v) is 2.48. The highest BCUT2D eigenvalue weighted by Crippen LogP contribution is 2.25. The number of hydrogen-bond donors (Lipinski definition) is 1. The molecule has 0 atom stereocenters. The predicted octanol–water partition coefficient (Wildman–Crippen LogP) is 2.39. The summed E-state index contributed by atoms with van der Waals surface area (Å²) in [4.78, 5) is 14.2. The molecule has 1 aliphatic heterocycles. The summed E-state index contributed by atoms with van der Waals surface area (Å²) in [5.74, 6) is -0.285. The smallest absolute Gasteiger partial charge is 0.338 e. The van der Waals surface area contributed by atoms with Crippen LogP contribution in [0.1, 0.15) is 17.3 Å². The van der Waals surface area contributed by atoms with Crippen molar-refractivity contribution in [2.24, 2.45) is 0 Å². The molecule has 20 heavy (non-hydrogen) atoms. The Morgan fingerprint density at radius 1 is 1.40 bits per heavy atom. The molecule has 0 saturated carbocycles. The van der Waals surface area contributed by atoms with Crippen molar-refractivity contribution in [2.75, 3.05) is 48.8 Å². The van der Waals surface area contributed by atoms with E-state index >= 15 is 0 Å². The lowest BCUT2D eigenvalue weighted by atomic mass is 10.1. The molecule has 0 unspecified atom stereocenters. The molecule has 0 bridgehead atoms. The molecule has 0 spiro atoms. The van der Waals surface area contributed by atoms with Gasteiger partial charge < -0.3 is 19.1 Å². The summed E-state index contributed by atoms with van der Waals surface area (Å²) in [6.45, 7) is 5.30. The predicted molar refractivity (Wildman–Crippen MR) is 82.6 cm³/mol. The highest BCUT2D eigenvalue weighted by atomic mass is 32.2. The van der Waals surface area contributed by atoms with Crippen LogP contribution in [-0.2, 0) is 9.47 Å². The van der Waals surface area contributed by atoms with Crippen molar-refractivity contribution in [3.8, 4) is 0 Å². The average Bonchev–Trinajstić information content (AvgIpc) is 2.48. The first-order valence-electron chi connectivity index (χ1n) is 6.68. The largest absolute Gasteiger partial charge is 0.462 e. The summed E-state index contributed by atoms with van der Waals surface area (Å²) in [5.41, 5.74) is 2.51. The third kappa shape index (κ3) is 3.80. The van der Waals surface area contributed by atoms with Crippen molar-refractivity contribution in [1.29, 1.82) is 0 Å². The molecule has 1 saturated heterocycles. The summed E-state index contributed by atoms with van der Waals surface area (Å²) >= 11 is 1.50. The van der Waals surface area contributed by atoms with Crippen molar-refractivity contribution >= 4 is 29.3 Å². The lowest BCUT2D eigenvalue weighted by molar-refractivity contribution is 0.0526. The third-order valence-electron chi connectivity index (χ3n) is 3.03. The summed E-state index contributed by atoms with van der Waals surface area (Å²) < 4.78 is 13.6. The van der Waals surface area contributed by atoms with E-state index in [4.69, 9.17) is 9.47 Å². The first-order chi connectivity index (χ1) is 9.74. The van der Waals surface area contributed by atoms with Crippen LogP contribution in [0.2, 0.25) is 0 Å². The molecule has 0 aliphatic carbocycles. The number of benzene rings is 1. The molecule has 6 heteroatoms. The van der Waals surface area contributed by atoms with Gasteiger partial charge in [0.1, 0.15) is 0 Å². The summed E-state index contributed by atoms with van der Waals surface area (Å²) in [6, 6.07) is 5.75. The Labute approximate surface area is 123 Å². The van der Waals surface area contributed by atoms with E-state index in [9.17, 15) is 4.79 Å². The van der Waals surface area contributed by atoms with Crippen molar-refractivity contribution in [2.45, 2.75) is 6.92 Å². The van der Waals surface area contributed by atoms with E-state index in [1.54, 1.807) is 0 Å². The van der Waals surface area contributed by atoms with Crippen LogP contribution in [0.3, 0.4) is 0 Å². The fraction of sp³-hybridized carbons (Fsp3) is 0.500. The summed E-state index contributed by atoms with van der Waals surface area (Å²) in [6.07, 6.45) is 1.95. The van der Waals surface area contributed by atoms with Crippen molar-refractivity contribution < 1.29 is 14.3 Å². The van der Waals surface area contributed by atoms with Gasteiger partial charge in [0.15, 0.2) is 0 Å². The molecule has 1 fully saturated rings. The molecule has 1 N–H and O–H groups in total. The standard InChI is InChI=1S/C14H20N2O3S/c1-3-19-14(17)11-8-12(15-20-2)10-13(9-11)16-4-6-18-7-5-16/h8-10,15H,3-7H2,1-2H3. The van der Waals surface area contributed by atoms with Crippen LogP contribution in [0.5, 0.6) is 0 Å². The van der Waals surface area contributed by atoms with Crippen LogP contribution in [-0.4, -0.2) is 45.1 Å². The molecular formula is C14H20N2O3S. The molecule has 1 heterocycles. The maximum Gasteiger partial charge on any atom is 0.338 e. The van der Waals surface area contributed by atoms with Gasteiger partial charge in [-0.05, 0) is 25.1 Å². The van der Waals surface area contributed by atoms with Gasteiger partial charge in [-0.15, -0.1) is 0 Å². The minimum atomic E-state index is -0.285. The topological polar surface area (TPSA) is 50.8 Å². The molecular weight excluding hydrogens is 276 g/mol. The van der Waals surface area contributed by atoms with Crippen molar-refractivity contribution in [3.63, 3.8) is 0 Å². The first kappa shape index (κ1) is 15.0. The van der Waals surface area contributed by atoms with Crippen LogP contribution in [0, 0.1) is 0 Å². The second kappa shape index (κ2) is 7.40. The monoisotopic (exact) mass is 296 g/mol. The number of ether oxygens (including phenoxy) is 2. The molecule has 1 aliphatic rings. The van der Waals surface area contributed by atoms with Crippen LogP contribution in [0.15, 0.2) is 18.2 Å². The lowest BCUT2D eigenvalue weighted by Crippen LogP contribution is -2.36. The van der Waals surface area contributed by atoms with Gasteiger partial charge >= 0.3 is 5.97 Å². The van der Waals surface area contributed by atoms with Gasteiger partial charge in [-0.1, -0.05) is 11.9 Å². The van der Waals surface area contributed by atoms with E-state index in [0.29, 0.717) is 12.2 Å². The van der Waals surface area contributed by atoms with Crippen LogP contribution < -0.4 is 9.62 Å². The van der Waals surface area contributed by atoms with Crippen molar-refractivity contribution in [1.82, 2.24) is 0 Å². The number of hydrogen-bond acceptors (Lipinski definition) is 6. The highest BCUT2D eigenvalue weighted by Gasteiger charge is 2.15. The highest BCUT2D eigenvalue weighted by molar-refractivity contribution is 7.99. The number of esters is 1. The number of nitrogens with zero attached hydrogens (tertiary/aromatic N) is 1. The van der Waals surface area contributed by atoms with Gasteiger partial charge in [-0.3, -0.25) is 0 Å². The van der Waals surface area contributed by atoms with Gasteiger partial charge in [0, 0.05) is 30.7 Å². The van der Waals surface area contributed by atoms with Gasteiger partial charge in [-0.2, -0.15) is 0 Å². The fourth-order valence-electron chi connectivity index (χ4n) is 2.12. The van der Waals surface area contributed by atoms with Crippen LogP contribution >= 0.6 is 11.9 Å². The molecule has 0 aromatic heterocycles. The minimum Gasteiger partial charge on any atom is -0.462 e. The second-order valence-corrected chi connectivity index (χ2v) is 5.01. The zero-order chi connectivity index (χ0) is 14.4. The number of carbonyl (C=O) groups is 1. The van der Waals surface area contributed by atoms with Gasteiger partial charge in [-0.25, -0.2) is 4.79 Å². The summed E-state index contributed by atoms with van der Waals surface area (Å²) in [7, 11) is 0. The Morgan fingerprint density at radius 2 is 2.15 bits per heavy atom. The molecule has 0 amide bonds. The second-order valence-electron chi connectivity index (χ2n) is 4.39. The average molecular weight is 296 g/mol. The zero-order valence-corrected chi connectivity index (χ0v) is 12.7. The van der Waals surface area contributed by atoms with E-state index in [1.165, 1.54) is 11.9 Å². The first-order valence-corrected chi connectivity index (χ1v) is 7.91. The van der Waals surface area contributed by atoms with E-state index < -0.39 is 0 Å². The van der Waals surface area contributed by atoms with Gasteiger partial charge in [0.2, 0.25) is 0 Å². The number of nitrogens with one attached hydrogen (secondary N) is 1. The zero-order valence-electron chi connectivity index (χ0n) is 11.8. The van der Waals surface area contributed by atoms with Gasteiger partial charge in [0.05, 0.1) is 25.4 Å². The maximum atomic E-state index is 11.9. The number of rotatable bonds is 5. The van der Waals surface area contributed by atoms with E-state index in [2.05, 4.69) is 9.62 Å². The molecule has 1 aromatic carbocycles. The van der Waals surface area contributed by atoms with E-state index in [1.807, 2.05) is 31.4 Å². The Bertz CT molecular complexity index is 462.